The molecule has 1 N–H and O–H groups in total. The number of aromatic nitrogens is 2. The van der Waals surface area contributed by atoms with Crippen molar-refractivity contribution in [2.45, 2.75) is 38.6 Å². The van der Waals surface area contributed by atoms with Crippen LogP contribution in [0.1, 0.15) is 60.0 Å². The van der Waals surface area contributed by atoms with Gasteiger partial charge in [-0.2, -0.15) is 4.98 Å². The second-order valence-electron chi connectivity index (χ2n) is 6.02. The van der Waals surface area contributed by atoms with E-state index in [0.29, 0.717) is 29.8 Å². The Morgan fingerprint density at radius 2 is 2.17 bits per heavy atom. The lowest BCUT2D eigenvalue weighted by atomic mass is 9.91. The van der Waals surface area contributed by atoms with Gasteiger partial charge in [-0.1, -0.05) is 25.1 Å². The summed E-state index contributed by atoms with van der Waals surface area (Å²) in [6.07, 6.45) is 1.74. The molecule has 0 spiro atoms. The predicted molar refractivity (Wildman–Crippen MR) is 86.5 cm³/mol. The van der Waals surface area contributed by atoms with E-state index in [1.54, 1.807) is 0 Å². The number of nitrogens with zero attached hydrogens (tertiary/aromatic N) is 2. The quantitative estimate of drug-likeness (QED) is 0.908. The molecule has 0 aromatic carbocycles. The van der Waals surface area contributed by atoms with Crippen LogP contribution in [0.5, 0.6) is 0 Å². The number of carbonyl (C=O) groups excluding carboxylic acids is 1. The molecule has 6 nitrogen and oxygen atoms in total. The van der Waals surface area contributed by atoms with Crippen LogP contribution in [-0.2, 0) is 4.74 Å². The molecular formula is C16H21N3O3S. The van der Waals surface area contributed by atoms with Crippen LogP contribution in [0.15, 0.2) is 22.0 Å². The summed E-state index contributed by atoms with van der Waals surface area (Å²) in [5.74, 6) is 1.50. The smallest absolute Gasteiger partial charge is 0.262 e. The molecule has 0 radical (unpaired) electrons. The Morgan fingerprint density at radius 1 is 1.39 bits per heavy atom. The van der Waals surface area contributed by atoms with Gasteiger partial charge in [0.15, 0.2) is 5.82 Å². The highest BCUT2D eigenvalue weighted by atomic mass is 32.1. The Kier molecular flexibility index (Phi) is 5.07. The first-order valence-corrected chi connectivity index (χ1v) is 8.78. The fraction of sp³-hybridized carbons (Fsp3) is 0.562. The molecule has 23 heavy (non-hydrogen) atoms. The molecule has 0 unspecified atom stereocenters. The molecule has 0 saturated carbocycles. The highest BCUT2D eigenvalue weighted by Gasteiger charge is 2.32. The number of hydrogen-bond acceptors (Lipinski definition) is 6. The van der Waals surface area contributed by atoms with Crippen molar-refractivity contribution in [3.05, 3.63) is 34.1 Å². The van der Waals surface area contributed by atoms with Crippen LogP contribution in [0.4, 0.5) is 0 Å². The molecule has 1 fully saturated rings. The normalized spacial score (nSPS) is 17.3. The van der Waals surface area contributed by atoms with E-state index in [9.17, 15) is 4.79 Å². The largest absolute Gasteiger partial charge is 0.381 e. The van der Waals surface area contributed by atoms with Crippen LogP contribution >= 0.6 is 11.3 Å². The predicted octanol–water partition coefficient (Wildman–Crippen LogP) is 3.15. The number of amides is 1. The zero-order valence-corrected chi connectivity index (χ0v) is 14.1. The van der Waals surface area contributed by atoms with E-state index >= 15 is 0 Å². The molecule has 0 aliphatic carbocycles. The Labute approximate surface area is 139 Å². The van der Waals surface area contributed by atoms with Gasteiger partial charge in [0.1, 0.15) is 6.04 Å². The molecule has 1 aliphatic heterocycles. The summed E-state index contributed by atoms with van der Waals surface area (Å²) in [7, 11) is 0. The van der Waals surface area contributed by atoms with Crippen molar-refractivity contribution in [1.82, 2.24) is 15.5 Å². The maximum absolute atomic E-state index is 12.5. The second kappa shape index (κ2) is 7.23. The summed E-state index contributed by atoms with van der Waals surface area (Å²) >= 11 is 1.42. The first-order chi connectivity index (χ1) is 11.1. The van der Waals surface area contributed by atoms with Gasteiger partial charge in [0, 0.05) is 19.1 Å². The zero-order chi connectivity index (χ0) is 16.2. The fourth-order valence-electron chi connectivity index (χ4n) is 2.66. The first-order valence-electron chi connectivity index (χ1n) is 7.90. The van der Waals surface area contributed by atoms with E-state index in [0.717, 1.165) is 12.8 Å². The summed E-state index contributed by atoms with van der Waals surface area (Å²) in [6, 6.07) is 3.41. The number of hydrogen-bond donors (Lipinski definition) is 1. The third kappa shape index (κ3) is 3.79. The molecule has 7 heteroatoms. The van der Waals surface area contributed by atoms with Gasteiger partial charge in [-0.15, -0.1) is 11.3 Å². The van der Waals surface area contributed by atoms with Crippen LogP contribution in [0.3, 0.4) is 0 Å². The number of ether oxygens (including phenoxy) is 1. The Balaban J connectivity index is 1.81. The van der Waals surface area contributed by atoms with Crippen molar-refractivity contribution in [3.63, 3.8) is 0 Å². The summed E-state index contributed by atoms with van der Waals surface area (Å²) in [4.78, 5) is 17.6. The molecule has 0 bridgehead atoms. The van der Waals surface area contributed by atoms with Crippen LogP contribution < -0.4 is 5.32 Å². The van der Waals surface area contributed by atoms with Crippen LogP contribution in [-0.4, -0.2) is 29.3 Å². The summed E-state index contributed by atoms with van der Waals surface area (Å²) < 4.78 is 10.9. The minimum atomic E-state index is -0.270. The number of carbonyl (C=O) groups is 1. The number of thiophene rings is 1. The van der Waals surface area contributed by atoms with Crippen LogP contribution in [0.2, 0.25) is 0 Å². The van der Waals surface area contributed by atoms with Gasteiger partial charge < -0.3 is 14.6 Å². The molecule has 124 valence electrons. The highest BCUT2D eigenvalue weighted by molar-refractivity contribution is 7.12. The number of rotatable bonds is 5. The molecule has 1 atom stereocenters. The van der Waals surface area contributed by atoms with Crippen LogP contribution in [0.25, 0.3) is 0 Å². The molecule has 3 rings (SSSR count). The van der Waals surface area contributed by atoms with E-state index in [-0.39, 0.29) is 23.8 Å². The monoisotopic (exact) mass is 335 g/mol. The second-order valence-corrected chi connectivity index (χ2v) is 6.97. The third-order valence-electron chi connectivity index (χ3n) is 4.01. The summed E-state index contributed by atoms with van der Waals surface area (Å²) in [5.41, 5.74) is 0. The highest BCUT2D eigenvalue weighted by Crippen LogP contribution is 2.30. The lowest BCUT2D eigenvalue weighted by Gasteiger charge is -2.28. The molecule has 1 aliphatic rings. The molecule has 1 saturated heterocycles. The average Bonchev–Trinajstić information content (AvgIpc) is 3.24. The van der Waals surface area contributed by atoms with E-state index in [2.05, 4.69) is 15.5 Å². The van der Waals surface area contributed by atoms with Crippen LogP contribution in [0, 0.1) is 5.92 Å². The standard InChI is InChI=1S/C16H21N3O3S/c1-10(2)14-18-16(22-19-14)13(11-5-7-21-8-6-11)17-15(20)12-4-3-9-23-12/h3-4,9-11,13H,5-8H2,1-2H3,(H,17,20)/t13-/m1/s1. The summed E-state index contributed by atoms with van der Waals surface area (Å²) in [6.45, 7) is 5.42. The fourth-order valence-corrected chi connectivity index (χ4v) is 3.29. The molecule has 1 amide bonds. The van der Waals surface area contributed by atoms with Crippen molar-refractivity contribution >= 4 is 17.2 Å². The number of nitrogens with one attached hydrogen (secondary N) is 1. The molecule has 2 aromatic heterocycles. The van der Waals surface area contributed by atoms with Crippen molar-refractivity contribution in [3.8, 4) is 0 Å². The molecule has 2 aromatic rings. The Hall–Kier alpha value is -1.73. The van der Waals surface area contributed by atoms with E-state index in [1.807, 2.05) is 31.4 Å². The maximum Gasteiger partial charge on any atom is 0.262 e. The lowest BCUT2D eigenvalue weighted by Crippen LogP contribution is -2.36. The average molecular weight is 335 g/mol. The van der Waals surface area contributed by atoms with Crippen molar-refractivity contribution in [1.29, 1.82) is 0 Å². The zero-order valence-electron chi connectivity index (χ0n) is 13.3. The Morgan fingerprint density at radius 3 is 2.78 bits per heavy atom. The van der Waals surface area contributed by atoms with Gasteiger partial charge in [-0.25, -0.2) is 0 Å². The van der Waals surface area contributed by atoms with Gasteiger partial charge in [0.2, 0.25) is 5.89 Å². The SMILES string of the molecule is CC(C)c1noc([C@H](NC(=O)c2cccs2)C2CCOCC2)n1. The minimum absolute atomic E-state index is 0.0965. The molecular weight excluding hydrogens is 314 g/mol. The van der Waals surface area contributed by atoms with Crippen molar-refractivity contribution < 1.29 is 14.1 Å². The molecule has 3 heterocycles. The minimum Gasteiger partial charge on any atom is -0.381 e. The van der Waals surface area contributed by atoms with Gasteiger partial charge in [-0.3, -0.25) is 4.79 Å². The summed E-state index contributed by atoms with van der Waals surface area (Å²) in [5, 5.41) is 9.00. The van der Waals surface area contributed by atoms with Gasteiger partial charge >= 0.3 is 0 Å². The van der Waals surface area contributed by atoms with Crippen molar-refractivity contribution in [2.24, 2.45) is 5.92 Å². The first kappa shape index (κ1) is 16.1. The van der Waals surface area contributed by atoms with Crippen molar-refractivity contribution in [2.75, 3.05) is 13.2 Å². The third-order valence-corrected chi connectivity index (χ3v) is 4.88. The van der Waals surface area contributed by atoms with E-state index in [1.165, 1.54) is 11.3 Å². The van der Waals surface area contributed by atoms with E-state index < -0.39 is 0 Å². The van der Waals surface area contributed by atoms with Gasteiger partial charge in [0.05, 0.1) is 4.88 Å². The Bertz CT molecular complexity index is 633. The van der Waals surface area contributed by atoms with E-state index in [4.69, 9.17) is 9.26 Å². The lowest BCUT2D eigenvalue weighted by molar-refractivity contribution is 0.0468. The van der Waals surface area contributed by atoms with Gasteiger partial charge in [0.25, 0.3) is 5.91 Å². The maximum atomic E-state index is 12.5. The van der Waals surface area contributed by atoms with Gasteiger partial charge in [-0.05, 0) is 30.2 Å². The topological polar surface area (TPSA) is 77.2 Å².